The first-order chi connectivity index (χ1) is 15.0. The molecule has 12 N–H and O–H groups in total. The average molecular weight is 552 g/mol. The molecule has 0 unspecified atom stereocenters. The van der Waals surface area contributed by atoms with Crippen molar-refractivity contribution in [2.75, 3.05) is 5.73 Å². The summed E-state index contributed by atoms with van der Waals surface area (Å²) in [5.41, 5.74) is 6.34. The van der Waals surface area contributed by atoms with Crippen LogP contribution in [0.2, 0.25) is 0 Å². The number of hydrogen-bond donors (Lipinski definition) is 11. The van der Waals surface area contributed by atoms with Crippen molar-refractivity contribution in [3.05, 3.63) is 24.2 Å². The van der Waals surface area contributed by atoms with Crippen LogP contribution < -0.4 is 5.73 Å². The number of aliphatic hydroxyl groups is 1. The predicted molar refractivity (Wildman–Crippen MR) is 112 cm³/mol. The molecule has 0 saturated carbocycles. The molecule has 1 saturated heterocycles. The molecule has 0 bridgehead atoms. The monoisotopic (exact) mass is 552 g/mol. The second-order valence-electron chi connectivity index (χ2n) is 6.35. The zero-order valence-corrected chi connectivity index (χ0v) is 19.7. The number of terminal acetylenes is 1. The molecule has 2 aromatic rings. The van der Waals surface area contributed by atoms with Crippen molar-refractivity contribution in [3.63, 3.8) is 0 Å². The van der Waals surface area contributed by atoms with Gasteiger partial charge in [0.2, 0.25) is 0 Å². The fourth-order valence-electron chi connectivity index (χ4n) is 2.38. The van der Waals surface area contributed by atoms with Gasteiger partial charge in [-0.2, -0.15) is 5.10 Å². The Morgan fingerprint density at radius 2 is 1.50 bits per heavy atom. The summed E-state index contributed by atoms with van der Waals surface area (Å²) in [5, 5.41) is 14.2. The molecule has 21 heteroatoms. The molecule has 1 aliphatic heterocycles. The Kier molecular flexibility index (Phi) is 11.6. The quantitative estimate of drug-likeness (QED) is 0.131. The Morgan fingerprint density at radius 3 is 1.88 bits per heavy atom. The maximum atomic E-state index is 10.0. The van der Waals surface area contributed by atoms with E-state index in [1.54, 1.807) is 11.4 Å². The van der Waals surface area contributed by atoms with Crippen LogP contribution in [0.3, 0.4) is 0 Å². The zero-order valence-electron chi connectivity index (χ0n) is 17.0. The summed E-state index contributed by atoms with van der Waals surface area (Å²) in [6.45, 7) is 1.71. The number of aromatic nitrogens is 3. The van der Waals surface area contributed by atoms with Gasteiger partial charge in [-0.1, -0.05) is 5.92 Å². The molecule has 0 aliphatic carbocycles. The molecule has 1 aliphatic rings. The lowest BCUT2D eigenvalue weighted by molar-refractivity contribution is -0.0302. The van der Waals surface area contributed by atoms with E-state index in [9.17, 15) is 5.11 Å². The molecule has 1 fully saturated rings. The Hall–Kier alpha value is -1.77. The normalized spacial score (nSPS) is 22.3. The molecule has 194 valence electrons. The van der Waals surface area contributed by atoms with Crippen LogP contribution in [0.15, 0.2) is 18.5 Å². The number of nitrogens with zero attached hydrogens (tertiary/aromatic N) is 3. The third-order valence-corrected chi connectivity index (χ3v) is 3.59. The number of aliphatic hydroxyl groups excluding tert-OH is 1. The highest BCUT2D eigenvalue weighted by Crippen LogP contribution is 2.39. The zero-order chi connectivity index (χ0) is 27.1. The van der Waals surface area contributed by atoms with Gasteiger partial charge in [0.05, 0.1) is 11.8 Å². The highest BCUT2D eigenvalue weighted by molar-refractivity contribution is 7.45. The number of nitrogens with two attached hydrogens (primary N) is 1. The molecular formula is C13H23N4O14P3. The molecule has 3 rings (SSSR count). The number of fused-ring (bicyclic) bond motifs is 1. The summed E-state index contributed by atoms with van der Waals surface area (Å²) in [4.78, 5) is 68.6. The SMILES string of the molecule is C#C[C@@]1(C)O[C@@H](c2ccc3c(N)ncnn23)C[C@@H]1O.O=P(O)(O)O.O=P(O)(O)O.O=P(O)(O)O. The molecule has 18 nitrogen and oxygen atoms in total. The van der Waals surface area contributed by atoms with Crippen LogP contribution in [0.1, 0.15) is 25.1 Å². The smallest absolute Gasteiger partial charge is 0.389 e. The van der Waals surface area contributed by atoms with Crippen LogP contribution in [-0.4, -0.2) is 75.5 Å². The van der Waals surface area contributed by atoms with E-state index >= 15 is 0 Å². The molecule has 3 heterocycles. The van der Waals surface area contributed by atoms with Crippen molar-refractivity contribution in [2.24, 2.45) is 0 Å². The summed E-state index contributed by atoms with van der Waals surface area (Å²) in [6, 6.07) is 3.69. The first kappa shape index (κ1) is 32.2. The minimum absolute atomic E-state index is 0.312. The standard InChI is InChI=1S/C13H14N4O2.3H3O4P/c1-3-13(2)11(18)6-10(19-13)8-4-5-9-12(14)15-7-16-17(8)9;3*1-5(2,3)4/h1,4-5,7,10-11,18H,6H2,2H3,(H2,14,15,16);3*(H3,1,2,3,4)/t10-,11+,13-;;;/m1.../s1. The van der Waals surface area contributed by atoms with E-state index in [0.717, 1.165) is 5.69 Å². The predicted octanol–water partition coefficient (Wildman–Crippen LogP) is -2.26. The lowest BCUT2D eigenvalue weighted by atomic mass is 9.99. The fraction of sp³-hybridized carbons (Fsp3) is 0.385. The maximum absolute atomic E-state index is 10.0. The van der Waals surface area contributed by atoms with E-state index in [1.165, 1.54) is 6.33 Å². The van der Waals surface area contributed by atoms with Crippen LogP contribution in [0.25, 0.3) is 5.52 Å². The number of rotatable bonds is 1. The van der Waals surface area contributed by atoms with Crippen LogP contribution in [0.4, 0.5) is 5.82 Å². The molecule has 2 aromatic heterocycles. The second kappa shape index (κ2) is 12.3. The Morgan fingerprint density at radius 1 is 1.06 bits per heavy atom. The van der Waals surface area contributed by atoms with Crippen LogP contribution >= 0.6 is 23.5 Å². The van der Waals surface area contributed by atoms with E-state index in [4.69, 9.17) is 74.6 Å². The Bertz CT molecular complexity index is 1060. The van der Waals surface area contributed by atoms with Gasteiger partial charge in [0, 0.05) is 6.42 Å². The van der Waals surface area contributed by atoms with Gasteiger partial charge >= 0.3 is 23.5 Å². The van der Waals surface area contributed by atoms with Gasteiger partial charge in [-0.15, -0.1) is 6.42 Å². The van der Waals surface area contributed by atoms with Crippen LogP contribution in [0.5, 0.6) is 0 Å². The van der Waals surface area contributed by atoms with Crippen molar-refractivity contribution in [1.82, 2.24) is 14.6 Å². The number of anilines is 1. The summed E-state index contributed by atoms with van der Waals surface area (Å²) < 4.78 is 34.1. The lowest BCUT2D eigenvalue weighted by Gasteiger charge is -2.20. The van der Waals surface area contributed by atoms with E-state index in [0.29, 0.717) is 17.8 Å². The molecular weight excluding hydrogens is 529 g/mol. The van der Waals surface area contributed by atoms with Gasteiger partial charge in [0.25, 0.3) is 0 Å². The van der Waals surface area contributed by atoms with Crippen molar-refractivity contribution in [1.29, 1.82) is 0 Å². The van der Waals surface area contributed by atoms with Crippen molar-refractivity contribution < 1.29 is 67.6 Å². The van der Waals surface area contributed by atoms with E-state index in [-0.39, 0.29) is 6.10 Å². The minimum Gasteiger partial charge on any atom is -0.389 e. The summed E-state index contributed by atoms with van der Waals surface area (Å²) in [7, 11) is -13.9. The lowest BCUT2D eigenvalue weighted by Crippen LogP contribution is -2.33. The molecule has 34 heavy (non-hydrogen) atoms. The third-order valence-electron chi connectivity index (χ3n) is 3.59. The summed E-state index contributed by atoms with van der Waals surface area (Å²) in [5.74, 6) is 2.90. The molecule has 0 radical (unpaired) electrons. The highest BCUT2D eigenvalue weighted by Gasteiger charge is 2.44. The molecule has 0 amide bonds. The first-order valence-electron chi connectivity index (χ1n) is 8.31. The Balaban J connectivity index is 0.000000599. The van der Waals surface area contributed by atoms with E-state index in [2.05, 4.69) is 16.0 Å². The largest absolute Gasteiger partial charge is 0.466 e. The van der Waals surface area contributed by atoms with Crippen LogP contribution in [0, 0.1) is 12.3 Å². The number of ether oxygens (including phenoxy) is 1. The summed E-state index contributed by atoms with van der Waals surface area (Å²) >= 11 is 0. The number of hydrogen-bond acceptors (Lipinski definition) is 8. The van der Waals surface area contributed by atoms with Gasteiger partial charge in [-0.05, 0) is 19.1 Å². The average Bonchev–Trinajstić information content (AvgIpc) is 3.13. The Labute approximate surface area is 191 Å². The summed E-state index contributed by atoms with van der Waals surface area (Å²) in [6.07, 6.45) is 6.22. The van der Waals surface area contributed by atoms with Gasteiger partial charge in [0.15, 0.2) is 11.4 Å². The van der Waals surface area contributed by atoms with Gasteiger partial charge in [-0.25, -0.2) is 23.2 Å². The number of phosphoric acid groups is 3. The second-order valence-corrected chi connectivity index (χ2v) is 9.43. The van der Waals surface area contributed by atoms with E-state index < -0.39 is 35.2 Å². The fourth-order valence-corrected chi connectivity index (χ4v) is 2.38. The van der Waals surface area contributed by atoms with E-state index in [1.807, 2.05) is 12.1 Å². The minimum atomic E-state index is -4.64. The molecule has 0 aromatic carbocycles. The third kappa shape index (κ3) is 13.8. The van der Waals surface area contributed by atoms with Gasteiger partial charge in [0.1, 0.15) is 17.9 Å². The number of nitrogen functional groups attached to an aromatic ring is 1. The molecule has 3 atom stereocenters. The van der Waals surface area contributed by atoms with Gasteiger partial charge in [-0.3, -0.25) is 0 Å². The topological polar surface area (TPSA) is 319 Å². The van der Waals surface area contributed by atoms with Crippen molar-refractivity contribution in [3.8, 4) is 12.3 Å². The van der Waals surface area contributed by atoms with Crippen LogP contribution in [-0.2, 0) is 18.4 Å². The van der Waals surface area contributed by atoms with Crippen molar-refractivity contribution >= 4 is 34.8 Å². The first-order valence-corrected chi connectivity index (χ1v) is 13.0. The highest BCUT2D eigenvalue weighted by atomic mass is 31.2. The van der Waals surface area contributed by atoms with Crippen molar-refractivity contribution in [2.45, 2.75) is 31.2 Å². The maximum Gasteiger partial charge on any atom is 0.466 e. The van der Waals surface area contributed by atoms with Gasteiger partial charge < -0.3 is 59.6 Å². The molecule has 0 spiro atoms.